The molecule has 0 saturated heterocycles. The van der Waals surface area contributed by atoms with Gasteiger partial charge in [-0.1, -0.05) is 26.7 Å². The maximum absolute atomic E-state index is 11.6. The predicted octanol–water partition coefficient (Wildman–Crippen LogP) is 3.25. The minimum Gasteiger partial charge on any atom is -0.463 e. The minimum atomic E-state index is -0.256. The van der Waals surface area contributed by atoms with Crippen molar-refractivity contribution >= 4 is 23.7 Å². The van der Waals surface area contributed by atoms with Crippen molar-refractivity contribution in [3.05, 3.63) is 0 Å². The van der Waals surface area contributed by atoms with Gasteiger partial charge in [0.15, 0.2) is 0 Å². The van der Waals surface area contributed by atoms with Gasteiger partial charge >= 0.3 is 11.9 Å². The summed E-state index contributed by atoms with van der Waals surface area (Å²) in [6.07, 6.45) is 4.97. The molecule has 0 aromatic carbocycles. The first kappa shape index (κ1) is 30.1. The Labute approximate surface area is 192 Å². The topological polar surface area (TPSA) is 89.5 Å². The van der Waals surface area contributed by atoms with Crippen LogP contribution >= 0.6 is 11.8 Å². The molecule has 184 valence electrons. The molecule has 0 radical (unpaired) electrons. The predicted molar refractivity (Wildman–Crippen MR) is 122 cm³/mol. The molecule has 0 aliphatic heterocycles. The zero-order valence-corrected chi connectivity index (χ0v) is 20.2. The zero-order chi connectivity index (χ0) is 22.8. The zero-order valence-electron chi connectivity index (χ0n) is 19.4. The lowest BCUT2D eigenvalue weighted by atomic mass is 10.4. The fourth-order valence-corrected chi connectivity index (χ4v) is 2.95. The number of carbonyl (C=O) groups is 2. The first-order valence-electron chi connectivity index (χ1n) is 11.4. The van der Waals surface area contributed by atoms with E-state index in [1.807, 2.05) is 0 Å². The number of hydrogen-bond acceptors (Lipinski definition) is 9. The molecular formula is C22H42O8S. The van der Waals surface area contributed by atoms with Crippen LogP contribution < -0.4 is 0 Å². The summed E-state index contributed by atoms with van der Waals surface area (Å²) < 4.78 is 31.6. The molecular weight excluding hydrogens is 424 g/mol. The summed E-state index contributed by atoms with van der Waals surface area (Å²) in [5.41, 5.74) is 0. The Morgan fingerprint density at radius 2 is 0.903 bits per heavy atom. The first-order chi connectivity index (χ1) is 15.2. The Balaban J connectivity index is 3.28. The highest BCUT2D eigenvalue weighted by Gasteiger charge is 2.06. The van der Waals surface area contributed by atoms with Crippen molar-refractivity contribution in [3.63, 3.8) is 0 Å². The van der Waals surface area contributed by atoms with Gasteiger partial charge in [-0.25, -0.2) is 0 Å². The summed E-state index contributed by atoms with van der Waals surface area (Å²) in [4.78, 5) is 23.2. The lowest BCUT2D eigenvalue weighted by molar-refractivity contribution is -0.145. The molecule has 0 spiro atoms. The molecule has 0 fully saturated rings. The largest absolute Gasteiger partial charge is 0.463 e. The molecule has 0 atom stereocenters. The Kier molecular flexibility index (Phi) is 24.7. The Morgan fingerprint density at radius 1 is 0.548 bits per heavy atom. The van der Waals surface area contributed by atoms with Crippen LogP contribution in [0.2, 0.25) is 0 Å². The van der Waals surface area contributed by atoms with Crippen LogP contribution in [-0.4, -0.2) is 89.5 Å². The van der Waals surface area contributed by atoms with Gasteiger partial charge in [-0.3, -0.25) is 9.59 Å². The van der Waals surface area contributed by atoms with Gasteiger partial charge in [-0.15, -0.1) is 0 Å². The molecule has 0 aromatic heterocycles. The van der Waals surface area contributed by atoms with E-state index in [1.54, 1.807) is 0 Å². The van der Waals surface area contributed by atoms with Gasteiger partial charge < -0.3 is 28.4 Å². The fraction of sp³-hybridized carbons (Fsp3) is 0.909. The van der Waals surface area contributed by atoms with E-state index in [4.69, 9.17) is 28.4 Å². The molecule has 0 aliphatic carbocycles. The molecule has 31 heavy (non-hydrogen) atoms. The molecule has 0 amide bonds. The van der Waals surface area contributed by atoms with Crippen LogP contribution in [0.3, 0.4) is 0 Å². The van der Waals surface area contributed by atoms with Crippen molar-refractivity contribution in [1.29, 1.82) is 0 Å². The standard InChI is InChI=1S/C22H42O8S/c1-3-5-9-25-11-13-27-15-17-29-21(23)7-19-31-20-8-22(24)30-18-16-28-14-12-26-10-6-4-2/h3-20H2,1-2H3. The highest BCUT2D eigenvalue weighted by molar-refractivity contribution is 7.99. The highest BCUT2D eigenvalue weighted by Crippen LogP contribution is 2.06. The molecule has 0 aliphatic rings. The molecule has 0 unspecified atom stereocenters. The Hall–Kier alpha value is -0.870. The van der Waals surface area contributed by atoms with Gasteiger partial charge in [0, 0.05) is 24.7 Å². The van der Waals surface area contributed by atoms with Crippen molar-refractivity contribution in [3.8, 4) is 0 Å². The molecule has 8 nitrogen and oxygen atoms in total. The van der Waals surface area contributed by atoms with Crippen LogP contribution in [0.1, 0.15) is 52.4 Å². The summed E-state index contributed by atoms with van der Waals surface area (Å²) in [6.45, 7) is 9.13. The minimum absolute atomic E-state index is 0.248. The number of thioether (sulfide) groups is 1. The molecule has 0 saturated carbocycles. The van der Waals surface area contributed by atoms with E-state index < -0.39 is 0 Å². The molecule has 9 heteroatoms. The molecule has 0 aromatic rings. The van der Waals surface area contributed by atoms with Crippen LogP contribution in [-0.2, 0) is 38.0 Å². The maximum atomic E-state index is 11.6. The summed E-state index contributed by atoms with van der Waals surface area (Å²) in [5, 5.41) is 0. The SMILES string of the molecule is CCCCOCCOCCOC(=O)CCSCCC(=O)OCCOCCOCCCC. The van der Waals surface area contributed by atoms with E-state index in [2.05, 4.69) is 13.8 Å². The highest BCUT2D eigenvalue weighted by atomic mass is 32.2. The molecule has 0 heterocycles. The maximum Gasteiger partial charge on any atom is 0.306 e. The quantitative estimate of drug-likeness (QED) is 0.157. The summed E-state index contributed by atoms with van der Waals surface area (Å²) in [6, 6.07) is 0. The summed E-state index contributed by atoms with van der Waals surface area (Å²) >= 11 is 1.53. The normalized spacial score (nSPS) is 10.9. The third kappa shape index (κ3) is 25.3. The van der Waals surface area contributed by atoms with Gasteiger partial charge in [0.25, 0.3) is 0 Å². The number of hydrogen-bond donors (Lipinski definition) is 0. The van der Waals surface area contributed by atoms with Crippen molar-refractivity contribution in [2.45, 2.75) is 52.4 Å². The molecule has 0 bridgehead atoms. The average molecular weight is 467 g/mol. The van der Waals surface area contributed by atoms with Crippen molar-refractivity contribution < 1.29 is 38.0 Å². The second-order valence-electron chi connectivity index (χ2n) is 6.71. The van der Waals surface area contributed by atoms with Crippen LogP contribution in [0.4, 0.5) is 0 Å². The van der Waals surface area contributed by atoms with Gasteiger partial charge in [0.2, 0.25) is 0 Å². The Bertz CT molecular complexity index is 373. The Morgan fingerprint density at radius 3 is 1.29 bits per heavy atom. The number of unbranched alkanes of at least 4 members (excludes halogenated alkanes) is 2. The van der Waals surface area contributed by atoms with E-state index in [-0.39, 0.29) is 25.2 Å². The second-order valence-corrected chi connectivity index (χ2v) is 7.93. The lowest BCUT2D eigenvalue weighted by Gasteiger charge is -2.07. The third-order valence-electron chi connectivity index (χ3n) is 3.91. The number of ether oxygens (including phenoxy) is 6. The van der Waals surface area contributed by atoms with E-state index in [1.165, 1.54) is 11.8 Å². The summed E-state index contributed by atoms with van der Waals surface area (Å²) in [7, 11) is 0. The smallest absolute Gasteiger partial charge is 0.306 e. The first-order valence-corrected chi connectivity index (χ1v) is 12.6. The lowest BCUT2D eigenvalue weighted by Crippen LogP contribution is -2.14. The second kappa shape index (κ2) is 25.4. The van der Waals surface area contributed by atoms with Gasteiger partial charge in [0.05, 0.1) is 52.5 Å². The van der Waals surface area contributed by atoms with E-state index in [9.17, 15) is 9.59 Å². The number of rotatable bonds is 24. The van der Waals surface area contributed by atoms with E-state index >= 15 is 0 Å². The van der Waals surface area contributed by atoms with Crippen molar-refractivity contribution in [1.82, 2.24) is 0 Å². The van der Waals surface area contributed by atoms with Crippen LogP contribution in [0, 0.1) is 0 Å². The fourth-order valence-electron chi connectivity index (χ4n) is 2.12. The van der Waals surface area contributed by atoms with Crippen LogP contribution in [0.15, 0.2) is 0 Å². The van der Waals surface area contributed by atoms with Crippen molar-refractivity contribution in [2.24, 2.45) is 0 Å². The van der Waals surface area contributed by atoms with Crippen LogP contribution in [0.5, 0.6) is 0 Å². The van der Waals surface area contributed by atoms with Gasteiger partial charge in [0.1, 0.15) is 13.2 Å². The van der Waals surface area contributed by atoms with Gasteiger partial charge in [-0.2, -0.15) is 11.8 Å². The molecule has 0 rings (SSSR count). The summed E-state index contributed by atoms with van der Waals surface area (Å²) in [5.74, 6) is 0.709. The number of esters is 2. The third-order valence-corrected chi connectivity index (χ3v) is 4.90. The van der Waals surface area contributed by atoms with Crippen LogP contribution in [0.25, 0.3) is 0 Å². The van der Waals surface area contributed by atoms with Gasteiger partial charge in [-0.05, 0) is 12.8 Å². The number of carbonyl (C=O) groups excluding carboxylic acids is 2. The van der Waals surface area contributed by atoms with E-state index in [0.717, 1.165) is 38.9 Å². The monoisotopic (exact) mass is 466 g/mol. The average Bonchev–Trinajstić information content (AvgIpc) is 2.76. The van der Waals surface area contributed by atoms with Crippen molar-refractivity contribution in [2.75, 3.05) is 77.6 Å². The molecule has 0 N–H and O–H groups in total. The van der Waals surface area contributed by atoms with E-state index in [0.29, 0.717) is 64.0 Å².